The van der Waals surface area contributed by atoms with Crippen LogP contribution in [0.3, 0.4) is 0 Å². The molecule has 0 radical (unpaired) electrons. The molecule has 1 aromatic carbocycles. The van der Waals surface area contributed by atoms with E-state index in [1.165, 1.54) is 11.3 Å². The Hall–Kier alpha value is -2.53. The lowest BCUT2D eigenvalue weighted by atomic mass is 10.1. The predicted molar refractivity (Wildman–Crippen MR) is 77.7 cm³/mol. The van der Waals surface area contributed by atoms with Crippen molar-refractivity contribution in [2.24, 2.45) is 0 Å². The van der Waals surface area contributed by atoms with Gasteiger partial charge in [-0.15, -0.1) is 11.3 Å². The fraction of sp³-hybridized carbons (Fsp3) is 0. The second-order valence-electron chi connectivity index (χ2n) is 4.10. The minimum Gasteiger partial charge on any atom is -0.476 e. The van der Waals surface area contributed by atoms with Crippen LogP contribution in [0.4, 0.5) is 0 Å². The van der Waals surface area contributed by atoms with Gasteiger partial charge in [0.2, 0.25) is 0 Å². The van der Waals surface area contributed by atoms with Gasteiger partial charge in [0.1, 0.15) is 5.01 Å². The van der Waals surface area contributed by atoms with Gasteiger partial charge in [0.05, 0.1) is 4.88 Å². The molecule has 3 rings (SSSR count). The molecule has 0 saturated carbocycles. The monoisotopic (exact) mass is 282 g/mol. The number of hydrogen-bond donors (Lipinski definition) is 1. The van der Waals surface area contributed by atoms with Gasteiger partial charge in [-0.3, -0.25) is 4.98 Å². The van der Waals surface area contributed by atoms with E-state index in [0.29, 0.717) is 9.88 Å². The second kappa shape index (κ2) is 5.22. The molecule has 2 heterocycles. The molecule has 2 aromatic heterocycles. The lowest BCUT2D eigenvalue weighted by Gasteiger charge is -1.97. The quantitative estimate of drug-likeness (QED) is 0.797. The largest absolute Gasteiger partial charge is 0.476 e. The molecule has 20 heavy (non-hydrogen) atoms. The lowest BCUT2D eigenvalue weighted by Crippen LogP contribution is -1.98. The summed E-state index contributed by atoms with van der Waals surface area (Å²) in [6, 6.07) is 13.1. The van der Waals surface area contributed by atoms with Crippen LogP contribution in [0.25, 0.3) is 21.0 Å². The van der Waals surface area contributed by atoms with Crippen LogP contribution in [-0.2, 0) is 0 Å². The summed E-state index contributed by atoms with van der Waals surface area (Å²) >= 11 is 1.37. The zero-order valence-electron chi connectivity index (χ0n) is 10.4. The molecule has 3 aromatic rings. The van der Waals surface area contributed by atoms with Crippen LogP contribution in [0.5, 0.6) is 0 Å². The highest BCUT2D eigenvalue weighted by Crippen LogP contribution is 2.35. The standard InChI is InChI=1S/C15H10N2O2S/c18-15(19)12-13(10-4-2-1-3-5-10)20-14(17-12)11-6-8-16-9-7-11/h1-9H,(H,18,19). The van der Waals surface area contributed by atoms with Gasteiger partial charge in [-0.2, -0.15) is 0 Å². The zero-order valence-corrected chi connectivity index (χ0v) is 11.2. The van der Waals surface area contributed by atoms with Gasteiger partial charge in [0, 0.05) is 18.0 Å². The molecule has 0 aliphatic rings. The number of rotatable bonds is 3. The van der Waals surface area contributed by atoms with Crippen molar-refractivity contribution in [2.45, 2.75) is 0 Å². The Bertz CT molecular complexity index is 739. The van der Waals surface area contributed by atoms with Crippen LogP contribution in [0.1, 0.15) is 10.5 Å². The van der Waals surface area contributed by atoms with E-state index in [0.717, 1.165) is 11.1 Å². The highest BCUT2D eigenvalue weighted by Gasteiger charge is 2.19. The van der Waals surface area contributed by atoms with Gasteiger partial charge < -0.3 is 5.11 Å². The topological polar surface area (TPSA) is 63.1 Å². The summed E-state index contributed by atoms with van der Waals surface area (Å²) in [5, 5.41) is 10.0. The van der Waals surface area contributed by atoms with Crippen molar-refractivity contribution in [3.05, 3.63) is 60.6 Å². The maximum Gasteiger partial charge on any atom is 0.356 e. The molecule has 5 heteroatoms. The van der Waals surface area contributed by atoms with Gasteiger partial charge in [-0.1, -0.05) is 30.3 Å². The van der Waals surface area contributed by atoms with Gasteiger partial charge in [0.15, 0.2) is 5.69 Å². The molecule has 0 fully saturated rings. The molecule has 0 bridgehead atoms. The van der Waals surface area contributed by atoms with E-state index < -0.39 is 5.97 Å². The third-order valence-corrected chi connectivity index (χ3v) is 3.95. The maximum atomic E-state index is 11.4. The summed E-state index contributed by atoms with van der Waals surface area (Å²) in [5.41, 5.74) is 1.82. The number of carbonyl (C=O) groups is 1. The fourth-order valence-electron chi connectivity index (χ4n) is 1.87. The van der Waals surface area contributed by atoms with Gasteiger partial charge in [0.25, 0.3) is 0 Å². The lowest BCUT2D eigenvalue weighted by molar-refractivity contribution is 0.0692. The zero-order chi connectivity index (χ0) is 13.9. The van der Waals surface area contributed by atoms with E-state index in [1.54, 1.807) is 12.4 Å². The smallest absolute Gasteiger partial charge is 0.356 e. The first-order chi connectivity index (χ1) is 9.75. The van der Waals surface area contributed by atoms with E-state index >= 15 is 0 Å². The van der Waals surface area contributed by atoms with Gasteiger partial charge in [-0.25, -0.2) is 9.78 Å². The van der Waals surface area contributed by atoms with Crippen molar-refractivity contribution in [1.29, 1.82) is 0 Å². The highest BCUT2D eigenvalue weighted by molar-refractivity contribution is 7.18. The first-order valence-corrected chi connectivity index (χ1v) is 6.77. The van der Waals surface area contributed by atoms with Crippen LogP contribution in [0, 0.1) is 0 Å². The van der Waals surface area contributed by atoms with Gasteiger partial charge in [-0.05, 0) is 17.7 Å². The van der Waals surface area contributed by atoms with Crippen LogP contribution in [0.15, 0.2) is 54.9 Å². The van der Waals surface area contributed by atoms with Crippen LogP contribution in [-0.4, -0.2) is 21.0 Å². The summed E-state index contributed by atoms with van der Waals surface area (Å²) in [4.78, 5) is 20.2. The minimum atomic E-state index is -1.01. The SMILES string of the molecule is O=C(O)c1nc(-c2ccncc2)sc1-c1ccccc1. The summed E-state index contributed by atoms with van der Waals surface area (Å²) < 4.78 is 0. The average molecular weight is 282 g/mol. The van der Waals surface area contributed by atoms with Crippen LogP contribution in [0.2, 0.25) is 0 Å². The third-order valence-electron chi connectivity index (χ3n) is 2.79. The molecule has 0 aliphatic heterocycles. The van der Waals surface area contributed by atoms with Crippen molar-refractivity contribution in [3.8, 4) is 21.0 Å². The van der Waals surface area contributed by atoms with Crippen molar-refractivity contribution in [1.82, 2.24) is 9.97 Å². The fourth-order valence-corrected chi connectivity index (χ4v) is 2.94. The van der Waals surface area contributed by atoms with E-state index in [1.807, 2.05) is 42.5 Å². The van der Waals surface area contributed by atoms with E-state index in [-0.39, 0.29) is 5.69 Å². The molecule has 0 amide bonds. The number of thiazole rings is 1. The number of carboxylic acid groups (broad SMARTS) is 1. The molecule has 0 saturated heterocycles. The van der Waals surface area contributed by atoms with E-state index in [2.05, 4.69) is 9.97 Å². The summed E-state index contributed by atoms with van der Waals surface area (Å²) in [5.74, 6) is -1.01. The summed E-state index contributed by atoms with van der Waals surface area (Å²) in [7, 11) is 0. The second-order valence-corrected chi connectivity index (χ2v) is 5.10. The highest BCUT2D eigenvalue weighted by atomic mass is 32.1. The molecule has 0 atom stereocenters. The van der Waals surface area contributed by atoms with Crippen molar-refractivity contribution < 1.29 is 9.90 Å². The number of nitrogens with zero attached hydrogens (tertiary/aromatic N) is 2. The average Bonchev–Trinajstić information content (AvgIpc) is 2.94. The Morgan fingerprint density at radius 3 is 2.35 bits per heavy atom. The molecule has 0 aliphatic carbocycles. The maximum absolute atomic E-state index is 11.4. The normalized spacial score (nSPS) is 10.4. The summed E-state index contributed by atoms with van der Waals surface area (Å²) in [6.07, 6.45) is 3.33. The van der Waals surface area contributed by atoms with Crippen molar-refractivity contribution >= 4 is 17.3 Å². The molecule has 4 nitrogen and oxygen atoms in total. The Balaban J connectivity index is 2.15. The van der Waals surface area contributed by atoms with Crippen LogP contribution >= 0.6 is 11.3 Å². The predicted octanol–water partition coefficient (Wildman–Crippen LogP) is 3.57. The number of aromatic carboxylic acids is 1. The number of benzene rings is 1. The van der Waals surface area contributed by atoms with Crippen molar-refractivity contribution in [3.63, 3.8) is 0 Å². The number of carboxylic acids is 1. The van der Waals surface area contributed by atoms with E-state index in [4.69, 9.17) is 0 Å². The Morgan fingerprint density at radius 2 is 1.70 bits per heavy atom. The molecular weight excluding hydrogens is 272 g/mol. The first kappa shape index (κ1) is 12.5. The molecular formula is C15H10N2O2S. The molecule has 1 N–H and O–H groups in total. The third kappa shape index (κ3) is 2.31. The number of pyridine rings is 1. The Labute approximate surface area is 119 Å². The number of hydrogen-bond acceptors (Lipinski definition) is 4. The molecule has 0 spiro atoms. The van der Waals surface area contributed by atoms with Crippen molar-refractivity contribution in [2.75, 3.05) is 0 Å². The molecule has 98 valence electrons. The summed E-state index contributed by atoms with van der Waals surface area (Å²) in [6.45, 7) is 0. The first-order valence-electron chi connectivity index (χ1n) is 5.95. The minimum absolute atomic E-state index is 0.0908. The van der Waals surface area contributed by atoms with Gasteiger partial charge >= 0.3 is 5.97 Å². The molecule has 0 unspecified atom stereocenters. The number of aromatic nitrogens is 2. The Morgan fingerprint density at radius 1 is 1.00 bits per heavy atom. The Kier molecular flexibility index (Phi) is 3.26. The van der Waals surface area contributed by atoms with Crippen LogP contribution < -0.4 is 0 Å². The van der Waals surface area contributed by atoms with E-state index in [9.17, 15) is 9.90 Å².